The number of benzene rings is 2. The van der Waals surface area contributed by atoms with Crippen LogP contribution in [0.1, 0.15) is 25.0 Å². The van der Waals surface area contributed by atoms with Gasteiger partial charge in [-0.05, 0) is 35.6 Å². The van der Waals surface area contributed by atoms with E-state index in [1.54, 1.807) is 0 Å². The van der Waals surface area contributed by atoms with Gasteiger partial charge in [-0.1, -0.05) is 49.7 Å². The standard InChI is InChI=1S/C21H19ClO4/c1-12(2)7-13-3-5-15(6-4-13)19-11-18(23)16-8-14(10-20(24)25)9-17(22)21(16)26-19/h3-6,8-9,11-12H,7,10H2,1-2H3,(H,24,25). The van der Waals surface area contributed by atoms with E-state index in [9.17, 15) is 9.59 Å². The predicted octanol–water partition coefficient (Wildman–Crippen LogP) is 4.94. The highest BCUT2D eigenvalue weighted by atomic mass is 35.5. The molecular weight excluding hydrogens is 352 g/mol. The molecule has 0 radical (unpaired) electrons. The number of carboxylic acid groups (broad SMARTS) is 1. The van der Waals surface area contributed by atoms with Gasteiger partial charge in [-0.3, -0.25) is 9.59 Å². The Labute approximate surface area is 156 Å². The lowest BCUT2D eigenvalue weighted by atomic mass is 10.0. The van der Waals surface area contributed by atoms with Crippen LogP contribution in [0.15, 0.2) is 51.7 Å². The first-order valence-electron chi connectivity index (χ1n) is 8.41. The summed E-state index contributed by atoms with van der Waals surface area (Å²) >= 11 is 6.23. The minimum absolute atomic E-state index is 0.200. The Kier molecular flexibility index (Phi) is 5.14. The maximum atomic E-state index is 12.5. The molecule has 5 heteroatoms. The maximum Gasteiger partial charge on any atom is 0.307 e. The van der Waals surface area contributed by atoms with Crippen LogP contribution in [0.4, 0.5) is 0 Å². The predicted molar refractivity (Wildman–Crippen MR) is 103 cm³/mol. The van der Waals surface area contributed by atoms with E-state index < -0.39 is 5.97 Å². The highest BCUT2D eigenvalue weighted by Gasteiger charge is 2.13. The molecule has 0 atom stereocenters. The molecule has 0 aliphatic heterocycles. The van der Waals surface area contributed by atoms with Crippen molar-refractivity contribution in [3.63, 3.8) is 0 Å². The van der Waals surface area contributed by atoms with Crippen molar-refractivity contribution in [1.29, 1.82) is 0 Å². The van der Waals surface area contributed by atoms with Gasteiger partial charge in [-0.2, -0.15) is 0 Å². The Morgan fingerprint density at radius 3 is 2.42 bits per heavy atom. The summed E-state index contributed by atoms with van der Waals surface area (Å²) in [6.45, 7) is 4.33. The van der Waals surface area contributed by atoms with Gasteiger partial charge in [0.05, 0.1) is 16.8 Å². The first-order chi connectivity index (χ1) is 12.3. The number of carboxylic acids is 1. The van der Waals surface area contributed by atoms with Crippen LogP contribution in [-0.4, -0.2) is 11.1 Å². The SMILES string of the molecule is CC(C)Cc1ccc(-c2cc(=O)c3cc(CC(=O)O)cc(Cl)c3o2)cc1. The molecule has 0 amide bonds. The first-order valence-corrected chi connectivity index (χ1v) is 8.78. The molecule has 0 bridgehead atoms. The second kappa shape index (κ2) is 7.34. The Balaban J connectivity index is 2.04. The van der Waals surface area contributed by atoms with Crippen LogP contribution in [0.2, 0.25) is 5.02 Å². The highest BCUT2D eigenvalue weighted by Crippen LogP contribution is 2.28. The largest absolute Gasteiger partial charge is 0.481 e. The van der Waals surface area contributed by atoms with Gasteiger partial charge in [0.25, 0.3) is 0 Å². The van der Waals surface area contributed by atoms with Gasteiger partial charge >= 0.3 is 5.97 Å². The summed E-state index contributed by atoms with van der Waals surface area (Å²) in [4.78, 5) is 23.4. The Morgan fingerprint density at radius 1 is 1.12 bits per heavy atom. The van der Waals surface area contributed by atoms with Gasteiger partial charge in [0, 0.05) is 11.6 Å². The zero-order chi connectivity index (χ0) is 18.8. The van der Waals surface area contributed by atoms with Crippen molar-refractivity contribution < 1.29 is 14.3 Å². The molecule has 0 unspecified atom stereocenters. The van der Waals surface area contributed by atoms with Crippen LogP contribution < -0.4 is 5.43 Å². The average molecular weight is 371 g/mol. The number of hydrogen-bond donors (Lipinski definition) is 1. The van der Waals surface area contributed by atoms with E-state index in [4.69, 9.17) is 21.1 Å². The molecule has 1 N–H and O–H groups in total. The minimum atomic E-state index is -0.983. The van der Waals surface area contributed by atoms with E-state index in [0.717, 1.165) is 12.0 Å². The van der Waals surface area contributed by atoms with Crippen molar-refractivity contribution >= 4 is 28.5 Å². The van der Waals surface area contributed by atoms with Crippen molar-refractivity contribution in [3.8, 4) is 11.3 Å². The van der Waals surface area contributed by atoms with Crippen molar-refractivity contribution in [3.05, 3.63) is 68.8 Å². The smallest absolute Gasteiger partial charge is 0.307 e. The molecule has 3 aromatic rings. The lowest BCUT2D eigenvalue weighted by Gasteiger charge is -2.08. The second-order valence-electron chi connectivity index (χ2n) is 6.79. The fourth-order valence-electron chi connectivity index (χ4n) is 2.97. The topological polar surface area (TPSA) is 67.5 Å². The molecule has 1 aromatic heterocycles. The lowest BCUT2D eigenvalue weighted by Crippen LogP contribution is -2.04. The molecule has 2 aromatic carbocycles. The van der Waals surface area contributed by atoms with Crippen LogP contribution in [0.25, 0.3) is 22.3 Å². The van der Waals surface area contributed by atoms with E-state index in [0.29, 0.717) is 17.2 Å². The van der Waals surface area contributed by atoms with E-state index >= 15 is 0 Å². The molecule has 0 spiro atoms. The summed E-state index contributed by atoms with van der Waals surface area (Å²) in [5.74, 6) is 0.0210. The summed E-state index contributed by atoms with van der Waals surface area (Å²) in [5.41, 5.74) is 2.51. The third-order valence-corrected chi connectivity index (χ3v) is 4.36. The number of rotatable bonds is 5. The number of carbonyl (C=O) groups is 1. The quantitative estimate of drug-likeness (QED) is 0.690. The normalized spacial score (nSPS) is 11.2. The van der Waals surface area contributed by atoms with Gasteiger partial charge in [0.1, 0.15) is 5.76 Å². The minimum Gasteiger partial charge on any atom is -0.481 e. The van der Waals surface area contributed by atoms with Gasteiger partial charge in [0.2, 0.25) is 0 Å². The zero-order valence-electron chi connectivity index (χ0n) is 14.6. The Morgan fingerprint density at radius 2 is 1.81 bits per heavy atom. The van der Waals surface area contributed by atoms with Crippen LogP contribution in [0.5, 0.6) is 0 Å². The number of hydrogen-bond acceptors (Lipinski definition) is 3. The van der Waals surface area contributed by atoms with Crippen molar-refractivity contribution in [2.45, 2.75) is 26.7 Å². The van der Waals surface area contributed by atoms with Gasteiger partial charge in [0.15, 0.2) is 11.0 Å². The molecule has 3 rings (SSSR count). The molecular formula is C21H19ClO4. The molecule has 0 fully saturated rings. The molecule has 0 aliphatic carbocycles. The van der Waals surface area contributed by atoms with Crippen molar-refractivity contribution in [1.82, 2.24) is 0 Å². The van der Waals surface area contributed by atoms with Crippen molar-refractivity contribution in [2.75, 3.05) is 0 Å². The summed E-state index contributed by atoms with van der Waals surface area (Å²) in [6.07, 6.45) is 0.786. The Bertz CT molecular complexity index is 1020. The average Bonchev–Trinajstić information content (AvgIpc) is 2.55. The summed E-state index contributed by atoms with van der Waals surface area (Å²) in [6, 6.07) is 12.4. The summed E-state index contributed by atoms with van der Waals surface area (Å²) < 4.78 is 5.86. The van der Waals surface area contributed by atoms with Gasteiger partial charge in [-0.15, -0.1) is 0 Å². The zero-order valence-corrected chi connectivity index (χ0v) is 15.3. The molecule has 0 aliphatic rings. The highest BCUT2D eigenvalue weighted by molar-refractivity contribution is 6.34. The third-order valence-electron chi connectivity index (χ3n) is 4.08. The maximum absolute atomic E-state index is 12.5. The fourth-order valence-corrected chi connectivity index (χ4v) is 3.25. The first kappa shape index (κ1) is 18.2. The van der Waals surface area contributed by atoms with E-state index in [-0.39, 0.29) is 27.8 Å². The van der Waals surface area contributed by atoms with E-state index in [1.165, 1.54) is 23.8 Å². The lowest BCUT2D eigenvalue weighted by molar-refractivity contribution is -0.136. The number of aliphatic carboxylic acids is 1. The van der Waals surface area contributed by atoms with E-state index in [2.05, 4.69) is 13.8 Å². The van der Waals surface area contributed by atoms with Crippen LogP contribution in [-0.2, 0) is 17.6 Å². The van der Waals surface area contributed by atoms with E-state index in [1.807, 2.05) is 24.3 Å². The fraction of sp³-hybridized carbons (Fsp3) is 0.238. The second-order valence-corrected chi connectivity index (χ2v) is 7.20. The van der Waals surface area contributed by atoms with Gasteiger partial charge in [-0.25, -0.2) is 0 Å². The number of halogens is 1. The van der Waals surface area contributed by atoms with Crippen LogP contribution in [0, 0.1) is 5.92 Å². The monoisotopic (exact) mass is 370 g/mol. The number of fused-ring (bicyclic) bond motifs is 1. The third kappa shape index (κ3) is 3.97. The molecule has 0 saturated carbocycles. The molecule has 1 heterocycles. The Hall–Kier alpha value is -2.59. The molecule has 134 valence electrons. The summed E-state index contributed by atoms with van der Waals surface area (Å²) in [5, 5.41) is 9.44. The molecule has 0 saturated heterocycles. The summed E-state index contributed by atoms with van der Waals surface area (Å²) in [7, 11) is 0. The van der Waals surface area contributed by atoms with Gasteiger partial charge < -0.3 is 9.52 Å². The van der Waals surface area contributed by atoms with Crippen molar-refractivity contribution in [2.24, 2.45) is 5.92 Å². The van der Waals surface area contributed by atoms with Crippen LogP contribution >= 0.6 is 11.6 Å². The molecule has 4 nitrogen and oxygen atoms in total. The molecule has 26 heavy (non-hydrogen) atoms. The van der Waals surface area contributed by atoms with Crippen LogP contribution in [0.3, 0.4) is 0 Å².